The van der Waals surface area contributed by atoms with Crippen LogP contribution < -0.4 is 30.7 Å². The van der Waals surface area contributed by atoms with Gasteiger partial charge < -0.3 is 25.5 Å². The van der Waals surface area contributed by atoms with Gasteiger partial charge >= 0.3 is 17.9 Å². The lowest BCUT2D eigenvalue weighted by Gasteiger charge is -2.15. The number of carboxylic acids is 5. The molecule has 0 unspecified atom stereocenters. The third-order valence-corrected chi connectivity index (χ3v) is 11.7. The fraction of sp³-hybridized carbons (Fsp3) is 0.163. The number of nitrogens with zero attached hydrogens (tertiary/aromatic N) is 6. The van der Waals surface area contributed by atoms with E-state index in [0.29, 0.717) is 33.8 Å². The van der Waals surface area contributed by atoms with Crippen LogP contribution in [0, 0.1) is 0 Å². The van der Waals surface area contributed by atoms with Crippen molar-refractivity contribution >= 4 is 169 Å². The zero-order valence-electron chi connectivity index (χ0n) is 41.9. The normalized spacial score (nSPS) is 18.3. The number of thiocarbonyl (C=S) groups is 3. The van der Waals surface area contributed by atoms with Crippen molar-refractivity contribution in [2.24, 2.45) is 0 Å². The third kappa shape index (κ3) is 12.6. The molecule has 80 heavy (non-hydrogen) atoms. The maximum atomic E-state index is 12.7. The van der Waals surface area contributed by atoms with Crippen molar-refractivity contribution in [1.82, 2.24) is 30.7 Å². The summed E-state index contributed by atoms with van der Waals surface area (Å²) in [6.45, 7) is 4.14. The Morgan fingerprint density at radius 2 is 0.588 bits per heavy atom. The summed E-state index contributed by atoms with van der Waals surface area (Å²) in [4.78, 5) is 168. The fourth-order valence-electron chi connectivity index (χ4n) is 8.23. The first-order valence-electron chi connectivity index (χ1n) is 22.4. The lowest BCUT2D eigenvalue weighted by Crippen LogP contribution is -2.34. The van der Waals surface area contributed by atoms with E-state index in [0.717, 1.165) is 43.2 Å². The number of carbonyl (C=O) groups excluding carboxylic acids is 9. The van der Waals surface area contributed by atoms with Gasteiger partial charge in [-0.05, 0) is 54.9 Å². The molecule has 3 fully saturated rings. The van der Waals surface area contributed by atoms with E-state index in [9.17, 15) is 57.5 Å². The van der Waals surface area contributed by atoms with Crippen LogP contribution in [0.3, 0.4) is 0 Å². The third-order valence-electron chi connectivity index (χ3n) is 10.9. The summed E-state index contributed by atoms with van der Waals surface area (Å²) in [6, 6.07) is 19.4. The molecule has 0 saturated carbocycles. The van der Waals surface area contributed by atoms with Crippen LogP contribution in [-0.4, -0.2) is 158 Å². The molecule has 3 aromatic carbocycles. The number of amides is 9. The molecular formula is C49H41N9O19S3. The van der Waals surface area contributed by atoms with Crippen molar-refractivity contribution in [1.29, 1.82) is 0 Å². The zero-order valence-corrected chi connectivity index (χ0v) is 44.4. The number of anilines is 3. The molecule has 28 nitrogen and oxygen atoms in total. The molecule has 9 amide bonds. The Kier molecular flexibility index (Phi) is 18.8. The summed E-state index contributed by atoms with van der Waals surface area (Å²) in [5.74, 6) is -10.9. The highest BCUT2D eigenvalue weighted by atomic mass is 32.1. The Morgan fingerprint density at radius 3 is 0.775 bits per heavy atom. The first-order valence-corrected chi connectivity index (χ1v) is 23.7. The van der Waals surface area contributed by atoms with Gasteiger partial charge in [-0.2, -0.15) is 0 Å². The van der Waals surface area contributed by atoms with Crippen LogP contribution in [0.5, 0.6) is 0 Å². The lowest BCUT2D eigenvalue weighted by atomic mass is 10.0. The molecule has 8 N–H and O–H groups in total. The highest BCUT2D eigenvalue weighted by molar-refractivity contribution is 7.80. The van der Waals surface area contributed by atoms with Gasteiger partial charge in [-0.25, -0.2) is 0 Å². The first-order chi connectivity index (χ1) is 37.4. The fourth-order valence-corrected chi connectivity index (χ4v) is 9.16. The molecule has 0 radical (unpaired) electrons. The predicted octanol–water partition coefficient (Wildman–Crippen LogP) is 0.458. The van der Waals surface area contributed by atoms with Crippen molar-refractivity contribution in [3.63, 3.8) is 0 Å². The maximum absolute atomic E-state index is 12.7. The highest BCUT2D eigenvalue weighted by Crippen LogP contribution is 2.42. The lowest BCUT2D eigenvalue weighted by molar-refractivity contribution is -0.137. The standard InChI is InChI=1S/3C15H11N3O5S.2C2H4O2/c3*1-7(19)18-12(13(22)16-15(18)24)11-8-4-2-3-5-9(8)17(14(11)23)6-10(20)21;2*1-2(3)4/h3*2-5H,6H2,1H3,(H,20,21)(H,16,22,24);2*1H3,(H,3,4)/b3*12-11-;;. The van der Waals surface area contributed by atoms with Crippen molar-refractivity contribution in [2.45, 2.75) is 34.6 Å². The van der Waals surface area contributed by atoms with E-state index in [1.54, 1.807) is 72.8 Å². The van der Waals surface area contributed by atoms with Gasteiger partial charge in [-0.1, -0.05) is 54.6 Å². The number of para-hydroxylation sites is 3. The van der Waals surface area contributed by atoms with E-state index in [2.05, 4.69) is 16.0 Å². The summed E-state index contributed by atoms with van der Waals surface area (Å²) in [6.07, 6.45) is 0. The summed E-state index contributed by atoms with van der Waals surface area (Å²) < 4.78 is 0. The monoisotopic (exact) mass is 1160 g/mol. The van der Waals surface area contributed by atoms with E-state index < -0.39 is 103 Å². The minimum absolute atomic E-state index is 0.0422. The number of nitrogens with one attached hydrogen (secondary N) is 3. The molecule has 31 heteroatoms. The predicted molar refractivity (Wildman–Crippen MR) is 286 cm³/mol. The molecule has 6 heterocycles. The number of carboxylic acid groups (broad SMARTS) is 5. The average Bonchev–Trinajstić information content (AvgIpc) is 4.13. The number of hydrogen-bond acceptors (Lipinski definition) is 17. The van der Waals surface area contributed by atoms with Crippen LogP contribution in [-0.2, 0) is 67.1 Å². The number of fused-ring (bicyclic) bond motifs is 3. The van der Waals surface area contributed by atoms with Crippen molar-refractivity contribution in [3.8, 4) is 0 Å². The molecule has 0 aliphatic carbocycles. The number of rotatable bonds is 6. The topological polar surface area (TPSA) is 396 Å². The number of benzene rings is 3. The molecule has 9 rings (SSSR count). The van der Waals surface area contributed by atoms with E-state index >= 15 is 0 Å². The molecule has 414 valence electrons. The number of aliphatic carboxylic acids is 5. The second-order valence-corrected chi connectivity index (χ2v) is 17.6. The Morgan fingerprint density at radius 1 is 0.388 bits per heavy atom. The number of carbonyl (C=O) groups is 14. The Balaban J connectivity index is 0.000000206. The van der Waals surface area contributed by atoms with Gasteiger partial charge in [-0.3, -0.25) is 112 Å². The zero-order chi connectivity index (χ0) is 59.9. The van der Waals surface area contributed by atoms with Crippen LogP contribution >= 0.6 is 36.7 Å². The van der Waals surface area contributed by atoms with E-state index in [1.165, 1.54) is 20.8 Å². The van der Waals surface area contributed by atoms with E-state index in [4.69, 9.17) is 71.8 Å². The van der Waals surface area contributed by atoms with Crippen LogP contribution in [0.4, 0.5) is 17.1 Å². The minimum atomic E-state index is -1.20. The van der Waals surface area contributed by atoms with Crippen LogP contribution in [0.15, 0.2) is 89.9 Å². The summed E-state index contributed by atoms with van der Waals surface area (Å²) in [7, 11) is 0. The van der Waals surface area contributed by atoms with Gasteiger partial charge in [0.25, 0.3) is 47.4 Å². The van der Waals surface area contributed by atoms with Crippen LogP contribution in [0.1, 0.15) is 51.3 Å². The van der Waals surface area contributed by atoms with Crippen LogP contribution in [0.2, 0.25) is 0 Å². The number of hydrogen-bond donors (Lipinski definition) is 8. The largest absolute Gasteiger partial charge is 0.481 e. The molecule has 0 atom stereocenters. The molecule has 0 aromatic heterocycles. The molecule has 6 aliphatic heterocycles. The second kappa shape index (κ2) is 24.8. The van der Waals surface area contributed by atoms with Crippen LogP contribution in [0.25, 0.3) is 16.7 Å². The molecule has 3 aromatic rings. The van der Waals surface area contributed by atoms with Gasteiger partial charge in [0, 0.05) is 51.3 Å². The summed E-state index contributed by atoms with van der Waals surface area (Å²) in [5.41, 5.74) is 1.55. The smallest absolute Gasteiger partial charge is 0.323 e. The van der Waals surface area contributed by atoms with Gasteiger partial charge in [0.05, 0.1) is 33.8 Å². The molecular weight excluding hydrogens is 1110 g/mol. The van der Waals surface area contributed by atoms with Crippen molar-refractivity contribution < 1.29 is 92.7 Å². The second-order valence-electron chi connectivity index (χ2n) is 16.5. The quantitative estimate of drug-likeness (QED) is 0.123. The van der Waals surface area contributed by atoms with Gasteiger partial charge in [0.2, 0.25) is 17.7 Å². The van der Waals surface area contributed by atoms with Gasteiger partial charge in [-0.15, -0.1) is 0 Å². The Bertz CT molecular complexity index is 3120. The molecule has 0 spiro atoms. The Hall–Kier alpha value is -10.3. The highest BCUT2D eigenvalue weighted by Gasteiger charge is 2.47. The van der Waals surface area contributed by atoms with E-state index in [-0.39, 0.29) is 49.1 Å². The first kappa shape index (κ1) is 60.6. The summed E-state index contributed by atoms with van der Waals surface area (Å²) >= 11 is 14.9. The summed E-state index contributed by atoms with van der Waals surface area (Å²) in [5, 5.41) is 48.6. The average molecular weight is 1160 g/mol. The molecule has 6 aliphatic rings. The maximum Gasteiger partial charge on any atom is 0.323 e. The minimum Gasteiger partial charge on any atom is -0.481 e. The molecule has 3 saturated heterocycles. The van der Waals surface area contributed by atoms with Crippen molar-refractivity contribution in [3.05, 3.63) is 107 Å². The molecule has 0 bridgehead atoms. The SMILES string of the molecule is CC(=O)N1C(=S)NC(=O)/C1=C1/C(=O)N(CC(=O)O)c2ccccc21.CC(=O)N1C(=S)NC(=O)/C1=C1/C(=O)N(CC(=O)O)c2ccccc21.CC(=O)N1C(=S)NC(=O)/C1=C1/C(=O)N(CC(=O)O)c2ccccc21.CC(=O)O.CC(=O)O. The van der Waals surface area contributed by atoms with Gasteiger partial charge in [0.1, 0.15) is 36.7 Å². The van der Waals surface area contributed by atoms with Gasteiger partial charge in [0.15, 0.2) is 15.3 Å². The van der Waals surface area contributed by atoms with Crippen molar-refractivity contribution in [2.75, 3.05) is 34.3 Å². The Labute approximate surface area is 465 Å². The van der Waals surface area contributed by atoms with E-state index in [1.807, 2.05) is 0 Å².